The number of aryl methyl sites for hydroxylation is 1. The molecule has 3 aromatic rings. The summed E-state index contributed by atoms with van der Waals surface area (Å²) in [7, 11) is 1.41. The maximum Gasteiger partial charge on any atom is 0.338 e. The summed E-state index contributed by atoms with van der Waals surface area (Å²) in [6, 6.07) is 15.6. The lowest BCUT2D eigenvalue weighted by Gasteiger charge is -2.12. The Hall–Kier alpha value is -2.62. The third-order valence-electron chi connectivity index (χ3n) is 4.46. The first kappa shape index (κ1) is 17.2. The zero-order valence-electron chi connectivity index (χ0n) is 14.9. The molecule has 0 amide bonds. The molecular weight excluding hydrogens is 312 g/mol. The molecule has 0 unspecified atom stereocenters. The quantitative estimate of drug-likeness (QED) is 0.447. The second-order valence-corrected chi connectivity index (χ2v) is 6.17. The molecule has 0 aliphatic carbocycles. The third-order valence-corrected chi connectivity index (χ3v) is 4.46. The number of rotatable bonds is 7. The average Bonchev–Trinajstić information content (AvgIpc) is 3.03. The number of hydrogen-bond acceptors (Lipinski definition) is 3. The van der Waals surface area contributed by atoms with Gasteiger partial charge >= 0.3 is 5.97 Å². The van der Waals surface area contributed by atoms with Gasteiger partial charge in [-0.1, -0.05) is 56.5 Å². The molecule has 1 aromatic heterocycles. The van der Waals surface area contributed by atoms with Gasteiger partial charge < -0.3 is 9.30 Å². The van der Waals surface area contributed by atoms with Crippen LogP contribution in [0.3, 0.4) is 0 Å². The molecular formula is C21H24N2O2. The third kappa shape index (κ3) is 3.58. The largest absolute Gasteiger partial charge is 0.465 e. The molecule has 25 heavy (non-hydrogen) atoms. The van der Waals surface area contributed by atoms with Crippen molar-refractivity contribution in [2.75, 3.05) is 7.11 Å². The number of carbonyl (C=O) groups is 1. The van der Waals surface area contributed by atoms with Gasteiger partial charge in [-0.2, -0.15) is 0 Å². The number of ether oxygens (including phenoxy) is 1. The molecule has 0 spiro atoms. The van der Waals surface area contributed by atoms with Crippen LogP contribution in [0, 0.1) is 0 Å². The molecule has 0 N–H and O–H groups in total. The van der Waals surface area contributed by atoms with Gasteiger partial charge in [-0.25, -0.2) is 9.78 Å². The van der Waals surface area contributed by atoms with Crippen LogP contribution in [0.4, 0.5) is 0 Å². The summed E-state index contributed by atoms with van der Waals surface area (Å²) < 4.78 is 7.18. The van der Waals surface area contributed by atoms with Crippen LogP contribution in [-0.2, 0) is 11.3 Å². The Morgan fingerprint density at radius 1 is 1.04 bits per heavy atom. The van der Waals surface area contributed by atoms with Gasteiger partial charge in [0.15, 0.2) is 0 Å². The van der Waals surface area contributed by atoms with Crippen molar-refractivity contribution < 1.29 is 9.53 Å². The van der Waals surface area contributed by atoms with Gasteiger partial charge in [-0.15, -0.1) is 0 Å². The lowest BCUT2D eigenvalue weighted by atomic mass is 10.1. The molecule has 0 radical (unpaired) electrons. The van der Waals surface area contributed by atoms with Gasteiger partial charge in [-0.3, -0.25) is 0 Å². The molecule has 4 heteroatoms. The van der Waals surface area contributed by atoms with Gasteiger partial charge in [0.05, 0.1) is 23.7 Å². The Morgan fingerprint density at radius 2 is 1.80 bits per heavy atom. The van der Waals surface area contributed by atoms with E-state index >= 15 is 0 Å². The van der Waals surface area contributed by atoms with Crippen LogP contribution in [-0.4, -0.2) is 22.6 Å². The second-order valence-electron chi connectivity index (χ2n) is 6.17. The molecule has 1 heterocycles. The molecule has 0 atom stereocenters. The Morgan fingerprint density at radius 3 is 2.60 bits per heavy atom. The smallest absolute Gasteiger partial charge is 0.338 e. The van der Waals surface area contributed by atoms with Gasteiger partial charge in [0.25, 0.3) is 0 Å². The normalized spacial score (nSPS) is 11.0. The van der Waals surface area contributed by atoms with E-state index in [1.807, 2.05) is 36.4 Å². The highest BCUT2D eigenvalue weighted by molar-refractivity contribution is 5.97. The van der Waals surface area contributed by atoms with Crippen LogP contribution in [0.15, 0.2) is 48.5 Å². The van der Waals surface area contributed by atoms with E-state index < -0.39 is 0 Å². The van der Waals surface area contributed by atoms with Gasteiger partial charge in [0.1, 0.15) is 5.82 Å². The van der Waals surface area contributed by atoms with E-state index in [2.05, 4.69) is 17.6 Å². The average molecular weight is 336 g/mol. The maximum absolute atomic E-state index is 12.2. The first-order chi connectivity index (χ1) is 12.3. The van der Waals surface area contributed by atoms with E-state index in [0.717, 1.165) is 35.4 Å². The number of esters is 1. The van der Waals surface area contributed by atoms with Gasteiger partial charge in [-0.05, 0) is 24.6 Å². The van der Waals surface area contributed by atoms with E-state index in [1.54, 1.807) is 6.07 Å². The summed E-state index contributed by atoms with van der Waals surface area (Å²) in [6.45, 7) is 3.11. The van der Waals surface area contributed by atoms with E-state index in [4.69, 9.17) is 9.72 Å². The Bertz CT molecular complexity index is 867. The molecule has 0 saturated carbocycles. The van der Waals surface area contributed by atoms with Crippen molar-refractivity contribution in [3.8, 4) is 11.4 Å². The highest BCUT2D eigenvalue weighted by Gasteiger charge is 2.18. The van der Waals surface area contributed by atoms with Crippen molar-refractivity contribution in [3.05, 3.63) is 54.1 Å². The highest BCUT2D eigenvalue weighted by atomic mass is 16.5. The molecule has 0 aliphatic rings. The standard InChI is InChI=1S/C21H24N2O2/c1-3-4-5-10-15-23-19-14-9-8-13-18(19)22-20(23)16-11-6-7-12-17(16)21(24)25-2/h6-9,11-14H,3-5,10,15H2,1-2H3. The number of benzene rings is 2. The number of carbonyl (C=O) groups excluding carboxylic acids is 1. The van der Waals surface area contributed by atoms with Gasteiger partial charge in [0, 0.05) is 12.1 Å². The molecule has 0 aliphatic heterocycles. The van der Waals surface area contributed by atoms with Crippen LogP contribution < -0.4 is 0 Å². The Balaban J connectivity index is 2.08. The van der Waals surface area contributed by atoms with Crippen LogP contribution in [0.5, 0.6) is 0 Å². The van der Waals surface area contributed by atoms with Crippen LogP contribution in [0.1, 0.15) is 43.0 Å². The first-order valence-electron chi connectivity index (χ1n) is 8.89. The van der Waals surface area contributed by atoms with Gasteiger partial charge in [0.2, 0.25) is 0 Å². The fourth-order valence-corrected chi connectivity index (χ4v) is 3.17. The zero-order chi connectivity index (χ0) is 17.6. The Kier molecular flexibility index (Phi) is 5.49. The minimum atomic E-state index is -0.333. The van der Waals surface area contributed by atoms with Crippen LogP contribution in [0.2, 0.25) is 0 Å². The highest BCUT2D eigenvalue weighted by Crippen LogP contribution is 2.28. The van der Waals surface area contributed by atoms with Crippen LogP contribution >= 0.6 is 0 Å². The van der Waals surface area contributed by atoms with Crippen molar-refractivity contribution in [1.29, 1.82) is 0 Å². The Labute approximate surface area is 148 Å². The summed E-state index contributed by atoms with van der Waals surface area (Å²) >= 11 is 0. The van der Waals surface area contributed by atoms with E-state index in [1.165, 1.54) is 26.4 Å². The molecule has 0 fully saturated rings. The predicted molar refractivity (Wildman–Crippen MR) is 101 cm³/mol. The topological polar surface area (TPSA) is 44.1 Å². The summed E-state index contributed by atoms with van der Waals surface area (Å²) in [6.07, 6.45) is 4.74. The number of unbranched alkanes of at least 4 members (excludes halogenated alkanes) is 3. The molecule has 0 saturated heterocycles. The van der Waals surface area contributed by atoms with Crippen molar-refractivity contribution in [3.63, 3.8) is 0 Å². The minimum absolute atomic E-state index is 0.333. The van der Waals surface area contributed by atoms with Crippen LogP contribution in [0.25, 0.3) is 22.4 Å². The summed E-state index contributed by atoms with van der Waals surface area (Å²) in [5.41, 5.74) is 3.43. The maximum atomic E-state index is 12.2. The lowest BCUT2D eigenvalue weighted by molar-refractivity contribution is 0.0601. The number of aromatic nitrogens is 2. The summed E-state index contributed by atoms with van der Waals surface area (Å²) in [5.74, 6) is 0.499. The molecule has 2 aromatic carbocycles. The van der Waals surface area contributed by atoms with Crippen molar-refractivity contribution >= 4 is 17.0 Å². The number of methoxy groups -OCH3 is 1. The summed E-state index contributed by atoms with van der Waals surface area (Å²) in [5, 5.41) is 0. The number of hydrogen-bond donors (Lipinski definition) is 0. The van der Waals surface area contributed by atoms with Crippen molar-refractivity contribution in [2.45, 2.75) is 39.2 Å². The molecule has 3 rings (SSSR count). The molecule has 4 nitrogen and oxygen atoms in total. The number of fused-ring (bicyclic) bond motifs is 1. The van der Waals surface area contributed by atoms with E-state index in [-0.39, 0.29) is 5.97 Å². The zero-order valence-corrected chi connectivity index (χ0v) is 14.9. The second kappa shape index (κ2) is 7.97. The summed E-state index contributed by atoms with van der Waals surface area (Å²) in [4.78, 5) is 17.0. The fraction of sp³-hybridized carbons (Fsp3) is 0.333. The predicted octanol–water partition coefficient (Wildman–Crippen LogP) is 5.07. The number of nitrogens with zero attached hydrogens (tertiary/aromatic N) is 2. The number of imidazole rings is 1. The lowest BCUT2D eigenvalue weighted by Crippen LogP contribution is -2.07. The fourth-order valence-electron chi connectivity index (χ4n) is 3.17. The molecule has 0 bridgehead atoms. The van der Waals surface area contributed by atoms with E-state index in [9.17, 15) is 4.79 Å². The van der Waals surface area contributed by atoms with Crippen molar-refractivity contribution in [2.24, 2.45) is 0 Å². The van der Waals surface area contributed by atoms with Crippen molar-refractivity contribution in [1.82, 2.24) is 9.55 Å². The first-order valence-corrected chi connectivity index (χ1v) is 8.89. The minimum Gasteiger partial charge on any atom is -0.465 e. The monoisotopic (exact) mass is 336 g/mol. The SMILES string of the molecule is CCCCCCn1c(-c2ccccc2C(=O)OC)nc2ccccc21. The number of para-hydroxylation sites is 2. The molecule has 130 valence electrons. The van der Waals surface area contributed by atoms with E-state index in [0.29, 0.717) is 5.56 Å².